The number of benzene rings is 1. The van der Waals surface area contributed by atoms with Crippen molar-refractivity contribution in [1.29, 1.82) is 0 Å². The lowest BCUT2D eigenvalue weighted by atomic mass is 9.96. The van der Waals surface area contributed by atoms with Crippen LogP contribution in [0.1, 0.15) is 65.3 Å². The summed E-state index contributed by atoms with van der Waals surface area (Å²) in [4.78, 5) is 54.1. The topological polar surface area (TPSA) is 102 Å². The van der Waals surface area contributed by atoms with Gasteiger partial charge >= 0.3 is 0 Å². The van der Waals surface area contributed by atoms with E-state index in [2.05, 4.69) is 38.2 Å². The van der Waals surface area contributed by atoms with Crippen LogP contribution in [0.15, 0.2) is 41.3 Å². The minimum absolute atomic E-state index is 0.0151. The zero-order valence-corrected chi connectivity index (χ0v) is 26.1. The highest BCUT2D eigenvalue weighted by Crippen LogP contribution is 2.35. The van der Waals surface area contributed by atoms with Crippen LogP contribution in [0.3, 0.4) is 0 Å². The van der Waals surface area contributed by atoms with Crippen molar-refractivity contribution in [2.45, 2.75) is 59.9 Å². The van der Waals surface area contributed by atoms with Gasteiger partial charge in [0.1, 0.15) is 5.82 Å². The van der Waals surface area contributed by atoms with Crippen LogP contribution in [0.5, 0.6) is 0 Å². The van der Waals surface area contributed by atoms with E-state index in [4.69, 9.17) is 0 Å². The van der Waals surface area contributed by atoms with Crippen LogP contribution in [-0.4, -0.2) is 66.5 Å². The molecule has 0 spiro atoms. The number of nitrogens with one attached hydrogen (secondary N) is 2. The van der Waals surface area contributed by atoms with E-state index >= 15 is 0 Å². The summed E-state index contributed by atoms with van der Waals surface area (Å²) in [6.45, 7) is 12.0. The number of likely N-dealkylation sites (N-methyl/N-ethyl adjacent to an activating group) is 1. The molecule has 0 bridgehead atoms. The van der Waals surface area contributed by atoms with Gasteiger partial charge in [0, 0.05) is 73.9 Å². The molecule has 2 aliphatic rings. The fourth-order valence-corrected chi connectivity index (χ4v) is 6.39. The number of aromatic nitrogens is 2. The lowest BCUT2D eigenvalue weighted by Crippen LogP contribution is -2.44. The van der Waals surface area contributed by atoms with Crippen molar-refractivity contribution in [3.8, 4) is 11.1 Å². The van der Waals surface area contributed by atoms with Gasteiger partial charge in [-0.05, 0) is 100 Å². The summed E-state index contributed by atoms with van der Waals surface area (Å²) >= 11 is 0. The molecular formula is C34H44N6O3. The Labute approximate surface area is 254 Å². The fourth-order valence-electron chi connectivity index (χ4n) is 6.39. The number of aromatic amines is 1. The number of hydrogen-bond donors (Lipinski definition) is 2. The summed E-state index contributed by atoms with van der Waals surface area (Å²) in [5.41, 5.74) is 5.74. The van der Waals surface area contributed by atoms with E-state index in [1.54, 1.807) is 0 Å². The Morgan fingerprint density at radius 1 is 1.02 bits per heavy atom. The molecular weight excluding hydrogens is 540 g/mol. The fraction of sp³-hybridized carbons (Fsp3) is 0.471. The SMILES string of the molecule is CCN(C(=O)C1CCCC1)c1cc(-c2ccnc(N3CCN(C)CC3)c2)cc(C(=O)NCc2c(C)cc(C)[nH]c2=O)c1C. The summed E-state index contributed by atoms with van der Waals surface area (Å²) in [5, 5.41) is 2.98. The van der Waals surface area contributed by atoms with Crippen molar-refractivity contribution in [2.24, 2.45) is 5.92 Å². The van der Waals surface area contributed by atoms with E-state index in [1.165, 1.54) is 0 Å². The van der Waals surface area contributed by atoms with E-state index in [9.17, 15) is 14.4 Å². The zero-order valence-electron chi connectivity index (χ0n) is 26.1. The number of nitrogens with zero attached hydrogens (tertiary/aromatic N) is 4. The third-order valence-corrected chi connectivity index (χ3v) is 9.03. The first-order valence-corrected chi connectivity index (χ1v) is 15.5. The molecule has 2 N–H and O–H groups in total. The quantitative estimate of drug-likeness (QED) is 0.402. The molecule has 3 heterocycles. The molecule has 3 aromatic rings. The van der Waals surface area contributed by atoms with Crippen molar-refractivity contribution in [1.82, 2.24) is 20.2 Å². The molecule has 228 valence electrons. The summed E-state index contributed by atoms with van der Waals surface area (Å²) < 4.78 is 0. The summed E-state index contributed by atoms with van der Waals surface area (Å²) in [6.07, 6.45) is 5.78. The maximum absolute atomic E-state index is 13.8. The number of carbonyl (C=O) groups is 2. The smallest absolute Gasteiger partial charge is 0.253 e. The highest BCUT2D eigenvalue weighted by Gasteiger charge is 2.29. The van der Waals surface area contributed by atoms with Crippen molar-refractivity contribution < 1.29 is 9.59 Å². The van der Waals surface area contributed by atoms with Crippen molar-refractivity contribution >= 4 is 23.3 Å². The largest absolute Gasteiger partial charge is 0.354 e. The molecule has 2 fully saturated rings. The Balaban J connectivity index is 1.53. The van der Waals surface area contributed by atoms with E-state index < -0.39 is 0 Å². The van der Waals surface area contributed by atoms with Gasteiger partial charge < -0.3 is 25.0 Å². The van der Waals surface area contributed by atoms with Gasteiger partial charge in [-0.15, -0.1) is 0 Å². The van der Waals surface area contributed by atoms with E-state index in [0.29, 0.717) is 17.7 Å². The Kier molecular flexibility index (Phi) is 9.30. The number of rotatable bonds is 8. The average molecular weight is 585 g/mol. The van der Waals surface area contributed by atoms with Crippen molar-refractivity contribution in [2.75, 3.05) is 49.6 Å². The molecule has 5 rings (SSSR count). The van der Waals surface area contributed by atoms with Gasteiger partial charge in [0.2, 0.25) is 5.91 Å². The lowest BCUT2D eigenvalue weighted by molar-refractivity contribution is -0.122. The van der Waals surface area contributed by atoms with Gasteiger partial charge in [0.05, 0.1) is 0 Å². The van der Waals surface area contributed by atoms with E-state index in [-0.39, 0.29) is 29.8 Å². The Hall–Kier alpha value is -3.98. The number of amides is 2. The first-order valence-electron chi connectivity index (χ1n) is 15.5. The maximum Gasteiger partial charge on any atom is 0.253 e. The molecule has 0 atom stereocenters. The molecule has 1 aliphatic heterocycles. The van der Waals surface area contributed by atoms with Gasteiger partial charge in [0.25, 0.3) is 11.5 Å². The second-order valence-corrected chi connectivity index (χ2v) is 12.1. The lowest BCUT2D eigenvalue weighted by Gasteiger charge is -2.33. The Morgan fingerprint density at radius 3 is 2.42 bits per heavy atom. The molecule has 0 radical (unpaired) electrons. The average Bonchev–Trinajstić information content (AvgIpc) is 3.53. The van der Waals surface area contributed by atoms with Gasteiger partial charge in [-0.1, -0.05) is 12.8 Å². The minimum Gasteiger partial charge on any atom is -0.354 e. The highest BCUT2D eigenvalue weighted by molar-refractivity contribution is 6.02. The molecule has 1 aliphatic carbocycles. The predicted octanol–water partition coefficient (Wildman–Crippen LogP) is 4.59. The molecule has 43 heavy (non-hydrogen) atoms. The van der Waals surface area contributed by atoms with Crippen LogP contribution in [0.4, 0.5) is 11.5 Å². The number of H-pyrrole nitrogens is 1. The summed E-state index contributed by atoms with van der Waals surface area (Å²) in [7, 11) is 2.13. The van der Waals surface area contributed by atoms with Gasteiger partial charge in [-0.25, -0.2) is 4.98 Å². The van der Waals surface area contributed by atoms with Crippen LogP contribution in [0.25, 0.3) is 11.1 Å². The molecule has 1 saturated carbocycles. The number of aryl methyl sites for hydroxylation is 2. The second kappa shape index (κ2) is 13.1. The van der Waals surface area contributed by atoms with Crippen LogP contribution in [-0.2, 0) is 11.3 Å². The van der Waals surface area contributed by atoms with Crippen LogP contribution in [0, 0.1) is 26.7 Å². The van der Waals surface area contributed by atoms with Crippen LogP contribution < -0.4 is 20.7 Å². The number of hydrogen-bond acceptors (Lipinski definition) is 6. The van der Waals surface area contributed by atoms with E-state index in [0.717, 1.165) is 91.3 Å². The van der Waals surface area contributed by atoms with Gasteiger partial charge in [-0.2, -0.15) is 0 Å². The van der Waals surface area contributed by atoms with E-state index in [1.807, 2.05) is 63.1 Å². The number of carbonyl (C=O) groups excluding carboxylic acids is 2. The molecule has 9 nitrogen and oxygen atoms in total. The van der Waals surface area contributed by atoms with Gasteiger partial charge in [-0.3, -0.25) is 14.4 Å². The maximum atomic E-state index is 13.8. The molecule has 1 saturated heterocycles. The minimum atomic E-state index is -0.280. The first-order chi connectivity index (χ1) is 20.7. The third kappa shape index (κ3) is 6.67. The standard InChI is InChI=1S/C34H44N6O3/c1-6-40(34(43)25-9-7-8-10-25)30-19-27(26-11-12-35-31(20-26)39-15-13-38(5)14-16-39)18-28(24(30)4)32(41)36-21-29-22(2)17-23(3)37-33(29)42/h11-12,17-20,25H,6-10,13-16,21H2,1-5H3,(H,36,41)(H,37,42). The molecule has 9 heteroatoms. The second-order valence-electron chi connectivity index (χ2n) is 12.1. The number of piperazine rings is 1. The Bertz CT molecular complexity index is 1550. The first kappa shape index (κ1) is 30.5. The summed E-state index contributed by atoms with van der Waals surface area (Å²) in [6, 6.07) is 9.88. The van der Waals surface area contributed by atoms with Crippen molar-refractivity contribution in [3.63, 3.8) is 0 Å². The molecule has 0 unspecified atom stereocenters. The molecule has 1 aromatic carbocycles. The molecule has 2 aromatic heterocycles. The van der Waals surface area contributed by atoms with Crippen LogP contribution >= 0.6 is 0 Å². The van der Waals surface area contributed by atoms with Crippen LogP contribution in [0.2, 0.25) is 0 Å². The predicted molar refractivity (Wildman–Crippen MR) is 172 cm³/mol. The highest BCUT2D eigenvalue weighted by atomic mass is 16.2. The Morgan fingerprint density at radius 2 is 1.74 bits per heavy atom. The third-order valence-electron chi connectivity index (χ3n) is 9.03. The summed E-state index contributed by atoms with van der Waals surface area (Å²) in [5.74, 6) is 0.766. The number of pyridine rings is 2. The van der Waals surface area contributed by atoms with Crippen molar-refractivity contribution in [3.05, 3.63) is 74.8 Å². The molecule has 2 amide bonds. The normalized spacial score (nSPS) is 16.0. The number of anilines is 2. The zero-order chi connectivity index (χ0) is 30.7. The van der Waals surface area contributed by atoms with Gasteiger partial charge in [0.15, 0.2) is 0 Å². The monoisotopic (exact) mass is 584 g/mol.